The highest BCUT2D eigenvalue weighted by Gasteiger charge is 2.21. The summed E-state index contributed by atoms with van der Waals surface area (Å²) in [6.07, 6.45) is -1.02. The number of aliphatic hydroxyl groups is 1. The Morgan fingerprint density at radius 3 is 2.56 bits per heavy atom. The number of benzene rings is 2. The van der Waals surface area contributed by atoms with Gasteiger partial charge in [0.1, 0.15) is 5.82 Å². The SMILES string of the molecule is COC(=O)[C@H](O)CN(CB(C)O)Cc1ccc(-c2cc(Cl)ccc2F)cc1. The highest BCUT2D eigenvalue weighted by atomic mass is 35.5. The number of carbonyl (C=O) groups is 1. The van der Waals surface area contributed by atoms with Crippen molar-refractivity contribution in [3.05, 3.63) is 58.9 Å². The molecule has 8 heteroatoms. The Labute approximate surface area is 163 Å². The number of carbonyl (C=O) groups excluding carboxylic acids is 1. The summed E-state index contributed by atoms with van der Waals surface area (Å²) in [7, 11) is 1.21. The fourth-order valence-electron chi connectivity index (χ4n) is 2.80. The van der Waals surface area contributed by atoms with E-state index in [1.54, 1.807) is 29.9 Å². The van der Waals surface area contributed by atoms with Crippen molar-refractivity contribution in [3.8, 4) is 11.1 Å². The first-order valence-electron chi connectivity index (χ1n) is 8.51. The van der Waals surface area contributed by atoms with E-state index in [0.717, 1.165) is 5.56 Å². The number of aliphatic hydroxyl groups excluding tert-OH is 1. The third-order valence-corrected chi connectivity index (χ3v) is 4.26. The number of hydrogen-bond acceptors (Lipinski definition) is 5. The van der Waals surface area contributed by atoms with Crippen molar-refractivity contribution >= 4 is 24.5 Å². The van der Waals surface area contributed by atoms with Gasteiger partial charge in [0.25, 0.3) is 6.92 Å². The first kappa shape index (κ1) is 21.4. The van der Waals surface area contributed by atoms with Crippen LogP contribution in [0.1, 0.15) is 5.56 Å². The van der Waals surface area contributed by atoms with E-state index in [1.165, 1.54) is 19.2 Å². The molecule has 0 unspecified atom stereocenters. The van der Waals surface area contributed by atoms with E-state index in [-0.39, 0.29) is 18.8 Å². The van der Waals surface area contributed by atoms with Gasteiger partial charge in [-0.3, -0.25) is 0 Å². The third kappa shape index (κ3) is 6.32. The molecule has 0 fully saturated rings. The first-order valence-corrected chi connectivity index (χ1v) is 8.88. The zero-order chi connectivity index (χ0) is 20.0. The van der Waals surface area contributed by atoms with Crippen LogP contribution in [0.5, 0.6) is 0 Å². The molecule has 2 aromatic rings. The molecule has 0 aliphatic rings. The minimum atomic E-state index is -1.30. The summed E-state index contributed by atoms with van der Waals surface area (Å²) in [6, 6.07) is 11.6. The third-order valence-electron chi connectivity index (χ3n) is 4.03. The number of esters is 1. The minimum absolute atomic E-state index is 0.0300. The van der Waals surface area contributed by atoms with Gasteiger partial charge in [-0.2, -0.15) is 0 Å². The number of methoxy groups -OCH3 is 1. The largest absolute Gasteiger partial charge is 0.467 e. The van der Waals surface area contributed by atoms with Gasteiger partial charge in [-0.1, -0.05) is 42.7 Å². The van der Waals surface area contributed by atoms with Gasteiger partial charge < -0.3 is 19.8 Å². The van der Waals surface area contributed by atoms with Crippen LogP contribution in [0.25, 0.3) is 11.1 Å². The number of rotatable bonds is 8. The maximum absolute atomic E-state index is 14.0. The van der Waals surface area contributed by atoms with Crippen LogP contribution in [0.2, 0.25) is 11.8 Å². The van der Waals surface area contributed by atoms with E-state index in [4.69, 9.17) is 11.6 Å². The molecule has 27 heavy (non-hydrogen) atoms. The molecular weight excluding hydrogens is 371 g/mol. The van der Waals surface area contributed by atoms with E-state index in [1.807, 2.05) is 12.1 Å². The number of halogens is 2. The van der Waals surface area contributed by atoms with Crippen LogP contribution < -0.4 is 0 Å². The van der Waals surface area contributed by atoms with Crippen molar-refractivity contribution < 1.29 is 24.1 Å². The standard InChI is InChI=1S/C19H22BClFNO4/c1-20(26)12-23(11-18(24)19(25)27-2)10-13-3-5-14(6-4-13)16-9-15(21)7-8-17(16)22/h3-9,18,24,26H,10-12H2,1-2H3/t18-/m1/s1. The molecule has 5 nitrogen and oxygen atoms in total. The molecule has 0 saturated heterocycles. The second-order valence-electron chi connectivity index (χ2n) is 6.40. The fourth-order valence-corrected chi connectivity index (χ4v) is 2.97. The van der Waals surface area contributed by atoms with Crippen LogP contribution in [0.4, 0.5) is 4.39 Å². The van der Waals surface area contributed by atoms with Crippen molar-refractivity contribution in [2.75, 3.05) is 20.1 Å². The summed E-state index contributed by atoms with van der Waals surface area (Å²) in [6.45, 7) is 1.43. The van der Waals surface area contributed by atoms with E-state index in [2.05, 4.69) is 4.74 Å². The van der Waals surface area contributed by atoms with E-state index in [0.29, 0.717) is 22.7 Å². The molecule has 144 valence electrons. The average Bonchev–Trinajstić information content (AvgIpc) is 2.63. The molecule has 1 atom stereocenters. The predicted octanol–water partition coefficient (Wildman–Crippen LogP) is 2.63. The zero-order valence-electron chi connectivity index (χ0n) is 15.2. The molecular formula is C19H22BClFNO4. The van der Waals surface area contributed by atoms with Gasteiger partial charge in [0.15, 0.2) is 6.10 Å². The second kappa shape index (κ2) is 9.85. The van der Waals surface area contributed by atoms with Crippen LogP contribution in [-0.2, 0) is 16.1 Å². The van der Waals surface area contributed by atoms with Crippen LogP contribution in [0, 0.1) is 5.82 Å². The van der Waals surface area contributed by atoms with Crippen molar-refractivity contribution in [2.45, 2.75) is 19.5 Å². The second-order valence-corrected chi connectivity index (χ2v) is 6.84. The Bertz CT molecular complexity index is 773. The molecule has 0 saturated carbocycles. The monoisotopic (exact) mass is 393 g/mol. The fraction of sp³-hybridized carbons (Fsp3) is 0.316. The molecule has 0 aliphatic heterocycles. The molecule has 2 N–H and O–H groups in total. The number of ether oxygens (including phenoxy) is 1. The normalized spacial score (nSPS) is 12.1. The van der Waals surface area contributed by atoms with Gasteiger partial charge in [-0.05, 0) is 29.3 Å². The maximum Gasteiger partial charge on any atom is 0.336 e. The Balaban J connectivity index is 2.13. The Morgan fingerprint density at radius 2 is 1.96 bits per heavy atom. The lowest BCUT2D eigenvalue weighted by atomic mass is 9.71. The lowest BCUT2D eigenvalue weighted by Crippen LogP contribution is -2.41. The molecule has 0 aromatic heterocycles. The molecule has 0 spiro atoms. The highest BCUT2D eigenvalue weighted by molar-refractivity contribution is 6.48. The lowest BCUT2D eigenvalue weighted by Gasteiger charge is -2.24. The number of hydrogen-bond donors (Lipinski definition) is 2. The zero-order valence-corrected chi connectivity index (χ0v) is 16.0. The van der Waals surface area contributed by atoms with Crippen LogP contribution in [0.3, 0.4) is 0 Å². The van der Waals surface area contributed by atoms with Crippen molar-refractivity contribution in [1.29, 1.82) is 0 Å². The quantitative estimate of drug-likeness (QED) is 0.533. The van der Waals surface area contributed by atoms with Crippen molar-refractivity contribution in [2.24, 2.45) is 0 Å². The first-order chi connectivity index (χ1) is 12.8. The average molecular weight is 394 g/mol. The lowest BCUT2D eigenvalue weighted by molar-refractivity contribution is -0.151. The molecule has 2 aromatic carbocycles. The molecule has 0 heterocycles. The van der Waals surface area contributed by atoms with Crippen LogP contribution in [0.15, 0.2) is 42.5 Å². The molecule has 0 aliphatic carbocycles. The summed E-state index contributed by atoms with van der Waals surface area (Å²) in [5.74, 6) is -1.08. The smallest absolute Gasteiger partial charge is 0.336 e. The van der Waals surface area contributed by atoms with Gasteiger partial charge in [0, 0.05) is 30.1 Å². The Hall–Kier alpha value is -1.93. The highest BCUT2D eigenvalue weighted by Crippen LogP contribution is 2.26. The van der Waals surface area contributed by atoms with Crippen LogP contribution in [-0.4, -0.2) is 54.1 Å². The topological polar surface area (TPSA) is 70.0 Å². The van der Waals surface area contributed by atoms with Gasteiger partial charge in [-0.15, -0.1) is 0 Å². The van der Waals surface area contributed by atoms with Crippen molar-refractivity contribution in [3.63, 3.8) is 0 Å². The van der Waals surface area contributed by atoms with Crippen molar-refractivity contribution in [1.82, 2.24) is 4.90 Å². The Kier molecular flexibility index (Phi) is 7.80. The van der Waals surface area contributed by atoms with Gasteiger partial charge in [0.2, 0.25) is 0 Å². The summed E-state index contributed by atoms with van der Waals surface area (Å²) in [5.41, 5.74) is 1.99. The van der Waals surface area contributed by atoms with Gasteiger partial charge in [-0.25, -0.2) is 9.18 Å². The van der Waals surface area contributed by atoms with E-state index < -0.39 is 19.0 Å². The van der Waals surface area contributed by atoms with Crippen LogP contribution >= 0.6 is 11.6 Å². The summed E-state index contributed by atoms with van der Waals surface area (Å²) in [5, 5.41) is 20.0. The molecule has 0 radical (unpaired) electrons. The summed E-state index contributed by atoms with van der Waals surface area (Å²) >= 11 is 5.94. The predicted molar refractivity (Wildman–Crippen MR) is 104 cm³/mol. The van der Waals surface area contributed by atoms with E-state index in [9.17, 15) is 19.3 Å². The molecule has 0 bridgehead atoms. The Morgan fingerprint density at radius 1 is 1.30 bits per heavy atom. The maximum atomic E-state index is 14.0. The summed E-state index contributed by atoms with van der Waals surface area (Å²) < 4.78 is 18.5. The minimum Gasteiger partial charge on any atom is -0.467 e. The van der Waals surface area contributed by atoms with Gasteiger partial charge in [0.05, 0.1) is 7.11 Å². The molecule has 2 rings (SSSR count). The summed E-state index contributed by atoms with van der Waals surface area (Å²) in [4.78, 5) is 13.2. The van der Waals surface area contributed by atoms with Gasteiger partial charge >= 0.3 is 5.97 Å². The number of nitrogens with zero attached hydrogens (tertiary/aromatic N) is 1. The molecule has 0 amide bonds. The van der Waals surface area contributed by atoms with E-state index >= 15 is 0 Å².